The summed E-state index contributed by atoms with van der Waals surface area (Å²) in [7, 11) is 1.95. The van der Waals surface area contributed by atoms with E-state index in [0.29, 0.717) is 11.4 Å². The number of aryl methyl sites for hydroxylation is 2. The van der Waals surface area contributed by atoms with Gasteiger partial charge in [-0.05, 0) is 30.2 Å². The Balaban J connectivity index is 2.03. The molecule has 0 amide bonds. The topological polar surface area (TPSA) is 38.0 Å². The highest BCUT2D eigenvalue weighted by atomic mass is 79.9. The van der Waals surface area contributed by atoms with Crippen LogP contribution >= 0.6 is 27.5 Å². The van der Waals surface area contributed by atoms with Crippen LogP contribution in [0, 0.1) is 0 Å². The Bertz CT molecular complexity index is 521. The van der Waals surface area contributed by atoms with E-state index in [-0.39, 0.29) is 0 Å². The van der Waals surface area contributed by atoms with Crippen LogP contribution in [-0.2, 0) is 13.5 Å². The number of halogens is 2. The highest BCUT2D eigenvalue weighted by molar-refractivity contribution is 9.10. The van der Waals surface area contributed by atoms with Crippen LogP contribution in [0.15, 0.2) is 35.1 Å². The van der Waals surface area contributed by atoms with Gasteiger partial charge in [0.2, 0.25) is 0 Å². The maximum atomic E-state index is 10.1. The molecule has 96 valence electrons. The first-order valence-corrected chi connectivity index (χ1v) is 6.83. The van der Waals surface area contributed by atoms with Gasteiger partial charge in [-0.15, -0.1) is 0 Å². The molecule has 1 atom stereocenters. The molecule has 0 saturated heterocycles. The third kappa shape index (κ3) is 3.34. The van der Waals surface area contributed by atoms with E-state index in [4.69, 9.17) is 11.6 Å². The third-order valence-electron chi connectivity index (χ3n) is 2.83. The molecule has 0 aliphatic rings. The highest BCUT2D eigenvalue weighted by Crippen LogP contribution is 2.26. The molecule has 1 N–H and O–H groups in total. The van der Waals surface area contributed by atoms with Crippen molar-refractivity contribution in [2.24, 2.45) is 7.05 Å². The summed E-state index contributed by atoms with van der Waals surface area (Å²) >= 11 is 9.33. The Morgan fingerprint density at radius 3 is 2.83 bits per heavy atom. The van der Waals surface area contributed by atoms with Crippen molar-refractivity contribution in [2.45, 2.75) is 18.9 Å². The van der Waals surface area contributed by atoms with Crippen LogP contribution < -0.4 is 0 Å². The number of rotatable bonds is 4. The van der Waals surface area contributed by atoms with E-state index in [1.165, 1.54) is 0 Å². The molecule has 0 radical (unpaired) electrons. The molecule has 0 aliphatic carbocycles. The van der Waals surface area contributed by atoms with Crippen LogP contribution in [-0.4, -0.2) is 14.7 Å². The van der Waals surface area contributed by atoms with E-state index < -0.39 is 6.10 Å². The summed E-state index contributed by atoms with van der Waals surface area (Å²) in [5.41, 5.74) is 0.823. The number of aliphatic hydroxyl groups is 1. The van der Waals surface area contributed by atoms with E-state index >= 15 is 0 Å². The van der Waals surface area contributed by atoms with Crippen molar-refractivity contribution in [1.29, 1.82) is 0 Å². The van der Waals surface area contributed by atoms with Crippen LogP contribution in [0.5, 0.6) is 0 Å². The molecule has 18 heavy (non-hydrogen) atoms. The van der Waals surface area contributed by atoms with E-state index in [2.05, 4.69) is 20.9 Å². The van der Waals surface area contributed by atoms with E-state index in [1.807, 2.05) is 23.9 Å². The lowest BCUT2D eigenvalue weighted by Gasteiger charge is -2.11. The van der Waals surface area contributed by atoms with Crippen LogP contribution in [0.1, 0.15) is 23.9 Å². The maximum absolute atomic E-state index is 10.1. The minimum Gasteiger partial charge on any atom is -0.388 e. The standard InChI is InChI=1S/C13H14BrClN2O/c1-17-5-4-16-13(17)3-2-12(18)9-6-10(14)8-11(15)7-9/h4-8,12,18H,2-3H2,1H3. The Morgan fingerprint density at radius 1 is 1.44 bits per heavy atom. The van der Waals surface area contributed by atoms with Crippen molar-refractivity contribution in [1.82, 2.24) is 9.55 Å². The predicted octanol–water partition coefficient (Wildman–Crippen LogP) is 3.50. The second-order valence-corrected chi connectivity index (χ2v) is 5.56. The van der Waals surface area contributed by atoms with Crippen molar-refractivity contribution in [3.05, 3.63) is 51.5 Å². The fourth-order valence-corrected chi connectivity index (χ4v) is 2.72. The molecule has 2 aromatic rings. The Labute approximate surface area is 120 Å². The highest BCUT2D eigenvalue weighted by Gasteiger charge is 2.11. The molecule has 0 aliphatic heterocycles. The second-order valence-electron chi connectivity index (χ2n) is 4.21. The number of benzene rings is 1. The number of hydrogen-bond donors (Lipinski definition) is 1. The zero-order chi connectivity index (χ0) is 13.1. The van der Waals surface area contributed by atoms with Gasteiger partial charge in [0.25, 0.3) is 0 Å². The molecule has 0 saturated carbocycles. The van der Waals surface area contributed by atoms with Gasteiger partial charge in [-0.3, -0.25) is 0 Å². The lowest BCUT2D eigenvalue weighted by Crippen LogP contribution is -2.03. The molecular weight excluding hydrogens is 316 g/mol. The maximum Gasteiger partial charge on any atom is 0.108 e. The minimum absolute atomic E-state index is 0.531. The van der Waals surface area contributed by atoms with Gasteiger partial charge >= 0.3 is 0 Å². The summed E-state index contributed by atoms with van der Waals surface area (Å²) < 4.78 is 2.83. The molecular formula is C13H14BrClN2O. The van der Waals surface area contributed by atoms with Crippen molar-refractivity contribution >= 4 is 27.5 Å². The fourth-order valence-electron chi connectivity index (χ4n) is 1.84. The first kappa shape index (κ1) is 13.6. The minimum atomic E-state index is -0.531. The summed E-state index contributed by atoms with van der Waals surface area (Å²) in [5.74, 6) is 0.968. The fraction of sp³-hybridized carbons (Fsp3) is 0.308. The summed E-state index contributed by atoms with van der Waals surface area (Å²) in [4.78, 5) is 4.23. The number of hydrogen-bond acceptors (Lipinski definition) is 2. The van der Waals surface area contributed by atoms with Crippen LogP contribution in [0.3, 0.4) is 0 Å². The average molecular weight is 330 g/mol. The van der Waals surface area contributed by atoms with E-state index in [9.17, 15) is 5.11 Å². The van der Waals surface area contributed by atoms with Crippen molar-refractivity contribution < 1.29 is 5.11 Å². The SMILES string of the molecule is Cn1ccnc1CCC(O)c1cc(Cl)cc(Br)c1. The molecule has 1 heterocycles. The summed E-state index contributed by atoms with van der Waals surface area (Å²) in [6.45, 7) is 0. The number of nitrogens with zero attached hydrogens (tertiary/aromatic N) is 2. The molecule has 1 aromatic heterocycles. The Kier molecular flexibility index (Phi) is 4.43. The average Bonchev–Trinajstić information content (AvgIpc) is 2.70. The van der Waals surface area contributed by atoms with Gasteiger partial charge in [0.15, 0.2) is 0 Å². The zero-order valence-electron chi connectivity index (χ0n) is 9.98. The molecule has 1 unspecified atom stereocenters. The monoisotopic (exact) mass is 328 g/mol. The summed E-state index contributed by atoms with van der Waals surface area (Å²) in [5, 5.41) is 10.8. The smallest absolute Gasteiger partial charge is 0.108 e. The molecule has 5 heteroatoms. The van der Waals surface area contributed by atoms with Crippen molar-refractivity contribution in [3.63, 3.8) is 0 Å². The molecule has 2 rings (SSSR count). The summed E-state index contributed by atoms with van der Waals surface area (Å²) in [6.07, 6.45) is 4.48. The first-order valence-electron chi connectivity index (χ1n) is 5.66. The van der Waals surface area contributed by atoms with E-state index in [1.54, 1.807) is 18.3 Å². The van der Waals surface area contributed by atoms with Gasteiger partial charge in [-0.25, -0.2) is 4.98 Å². The molecule has 3 nitrogen and oxygen atoms in total. The number of imidazole rings is 1. The normalized spacial score (nSPS) is 12.7. The predicted molar refractivity (Wildman–Crippen MR) is 75.6 cm³/mol. The lowest BCUT2D eigenvalue weighted by atomic mass is 10.0. The van der Waals surface area contributed by atoms with Gasteiger partial charge in [0, 0.05) is 35.4 Å². The van der Waals surface area contributed by atoms with Gasteiger partial charge in [-0.1, -0.05) is 27.5 Å². The zero-order valence-corrected chi connectivity index (χ0v) is 12.3. The number of aromatic nitrogens is 2. The Morgan fingerprint density at radius 2 is 2.22 bits per heavy atom. The van der Waals surface area contributed by atoms with Crippen LogP contribution in [0.2, 0.25) is 5.02 Å². The third-order valence-corrected chi connectivity index (χ3v) is 3.51. The number of aliphatic hydroxyl groups excluding tert-OH is 1. The summed E-state index contributed by atoms with van der Waals surface area (Å²) in [6, 6.07) is 5.47. The molecule has 1 aromatic carbocycles. The second kappa shape index (κ2) is 5.87. The van der Waals surface area contributed by atoms with E-state index in [0.717, 1.165) is 22.3 Å². The van der Waals surface area contributed by atoms with Gasteiger partial charge in [0.05, 0.1) is 6.10 Å². The Hall–Kier alpha value is -0.840. The molecule has 0 spiro atoms. The van der Waals surface area contributed by atoms with Crippen LogP contribution in [0.25, 0.3) is 0 Å². The first-order chi connectivity index (χ1) is 8.56. The van der Waals surface area contributed by atoms with Gasteiger partial charge in [-0.2, -0.15) is 0 Å². The molecule has 0 fully saturated rings. The molecule has 0 bridgehead atoms. The van der Waals surface area contributed by atoms with Crippen molar-refractivity contribution in [2.75, 3.05) is 0 Å². The van der Waals surface area contributed by atoms with Gasteiger partial charge in [0.1, 0.15) is 5.82 Å². The van der Waals surface area contributed by atoms with Crippen molar-refractivity contribution in [3.8, 4) is 0 Å². The largest absolute Gasteiger partial charge is 0.388 e. The lowest BCUT2D eigenvalue weighted by molar-refractivity contribution is 0.166. The van der Waals surface area contributed by atoms with Gasteiger partial charge < -0.3 is 9.67 Å². The van der Waals surface area contributed by atoms with Crippen LogP contribution in [0.4, 0.5) is 0 Å². The quantitative estimate of drug-likeness (QED) is 0.932.